The zero-order valence-corrected chi connectivity index (χ0v) is 14.5. The molecular weight excluding hydrogens is 360 g/mol. The average molecular weight is 380 g/mol. The lowest BCUT2D eigenvalue weighted by molar-refractivity contribution is 0.230. The van der Waals surface area contributed by atoms with Crippen molar-refractivity contribution >= 4 is 31.9 Å². The van der Waals surface area contributed by atoms with Crippen LogP contribution in [0, 0.1) is 6.92 Å². The van der Waals surface area contributed by atoms with Gasteiger partial charge in [0.25, 0.3) is 0 Å². The fourth-order valence-electron chi connectivity index (χ4n) is 1.63. The highest BCUT2D eigenvalue weighted by atomic mass is 79.9. The second-order valence-electron chi connectivity index (χ2n) is 5.35. The third-order valence-electron chi connectivity index (χ3n) is 2.76. The molecule has 0 atom stereocenters. The Balaban J connectivity index is 3.22. The van der Waals surface area contributed by atoms with E-state index < -0.39 is 0 Å². The van der Waals surface area contributed by atoms with Crippen LogP contribution in [0.15, 0.2) is 15.0 Å². The van der Waals surface area contributed by atoms with Crippen LogP contribution in [-0.2, 0) is 5.41 Å². The minimum absolute atomic E-state index is 0.00723. The lowest BCUT2D eigenvalue weighted by atomic mass is 9.86. The van der Waals surface area contributed by atoms with E-state index in [1.54, 1.807) is 0 Å². The standard InChI is InChI=1S/C14H20Br2O2/c1-9-11(15)8-10(14(2,3)4)13(12(9)16)18-7-5-6-17/h8,17H,5-7H2,1-4H3. The molecule has 0 spiro atoms. The molecule has 1 N–H and O–H groups in total. The van der Waals surface area contributed by atoms with Crippen LogP contribution in [0.4, 0.5) is 0 Å². The van der Waals surface area contributed by atoms with Crippen LogP contribution in [0.1, 0.15) is 38.3 Å². The molecule has 0 radical (unpaired) electrons. The molecule has 0 bridgehead atoms. The molecule has 0 saturated carbocycles. The molecule has 0 aliphatic heterocycles. The van der Waals surface area contributed by atoms with Crippen molar-refractivity contribution in [2.75, 3.05) is 13.2 Å². The van der Waals surface area contributed by atoms with Crippen LogP contribution in [0.3, 0.4) is 0 Å². The first kappa shape index (κ1) is 16.0. The van der Waals surface area contributed by atoms with E-state index in [-0.39, 0.29) is 12.0 Å². The highest BCUT2D eigenvalue weighted by Crippen LogP contribution is 2.42. The number of rotatable bonds is 4. The summed E-state index contributed by atoms with van der Waals surface area (Å²) in [5, 5.41) is 8.84. The Kier molecular flexibility index (Phi) is 5.68. The maximum absolute atomic E-state index is 8.84. The third-order valence-corrected chi connectivity index (χ3v) is 4.54. The van der Waals surface area contributed by atoms with Gasteiger partial charge >= 0.3 is 0 Å². The molecule has 4 heteroatoms. The summed E-state index contributed by atoms with van der Waals surface area (Å²) in [7, 11) is 0. The molecule has 0 saturated heterocycles. The van der Waals surface area contributed by atoms with Crippen molar-refractivity contribution in [1.82, 2.24) is 0 Å². The van der Waals surface area contributed by atoms with E-state index in [4.69, 9.17) is 9.84 Å². The van der Waals surface area contributed by atoms with Gasteiger partial charge in [0.2, 0.25) is 0 Å². The van der Waals surface area contributed by atoms with Gasteiger partial charge in [-0.25, -0.2) is 0 Å². The SMILES string of the molecule is Cc1c(Br)cc(C(C)(C)C)c(OCCCO)c1Br. The average Bonchev–Trinajstić information content (AvgIpc) is 2.27. The Morgan fingerprint density at radius 2 is 1.89 bits per heavy atom. The molecule has 1 aromatic rings. The smallest absolute Gasteiger partial charge is 0.137 e. The van der Waals surface area contributed by atoms with Gasteiger partial charge in [-0.3, -0.25) is 0 Å². The predicted octanol–water partition coefficient (Wildman–Crippen LogP) is 4.58. The van der Waals surface area contributed by atoms with Gasteiger partial charge in [-0.2, -0.15) is 0 Å². The first-order valence-electron chi connectivity index (χ1n) is 6.01. The van der Waals surface area contributed by atoms with Gasteiger partial charge in [-0.1, -0.05) is 36.7 Å². The highest BCUT2D eigenvalue weighted by Gasteiger charge is 2.23. The van der Waals surface area contributed by atoms with Crippen molar-refractivity contribution in [3.63, 3.8) is 0 Å². The van der Waals surface area contributed by atoms with Crippen LogP contribution < -0.4 is 4.74 Å². The lowest BCUT2D eigenvalue weighted by Gasteiger charge is -2.25. The normalized spacial score (nSPS) is 11.7. The van der Waals surface area contributed by atoms with E-state index in [2.05, 4.69) is 58.7 Å². The molecule has 102 valence electrons. The van der Waals surface area contributed by atoms with Crippen LogP contribution >= 0.6 is 31.9 Å². The molecule has 1 aromatic carbocycles. The summed E-state index contributed by atoms with van der Waals surface area (Å²) in [4.78, 5) is 0. The van der Waals surface area contributed by atoms with Crippen LogP contribution in [-0.4, -0.2) is 18.3 Å². The summed E-state index contributed by atoms with van der Waals surface area (Å²) < 4.78 is 7.91. The van der Waals surface area contributed by atoms with E-state index in [9.17, 15) is 0 Å². The van der Waals surface area contributed by atoms with E-state index >= 15 is 0 Å². The molecule has 0 amide bonds. The third kappa shape index (κ3) is 3.72. The van der Waals surface area contributed by atoms with Crippen molar-refractivity contribution in [3.8, 4) is 5.75 Å². The summed E-state index contributed by atoms with van der Waals surface area (Å²) in [6.07, 6.45) is 0.644. The lowest BCUT2D eigenvalue weighted by Crippen LogP contribution is -2.15. The molecule has 0 aliphatic carbocycles. The number of ether oxygens (including phenoxy) is 1. The van der Waals surface area contributed by atoms with E-state index in [0.29, 0.717) is 13.0 Å². The number of aliphatic hydroxyl groups is 1. The predicted molar refractivity (Wildman–Crippen MR) is 82.5 cm³/mol. The quantitative estimate of drug-likeness (QED) is 0.776. The fourth-order valence-corrected chi connectivity index (χ4v) is 2.87. The maximum Gasteiger partial charge on any atom is 0.137 e. The summed E-state index contributed by atoms with van der Waals surface area (Å²) in [5.74, 6) is 0.886. The molecular formula is C14H20Br2O2. The van der Waals surface area contributed by atoms with Crippen molar-refractivity contribution < 1.29 is 9.84 Å². The van der Waals surface area contributed by atoms with Gasteiger partial charge in [0, 0.05) is 23.1 Å². The number of aliphatic hydroxyl groups excluding tert-OH is 1. The Bertz CT molecular complexity index is 423. The fraction of sp³-hybridized carbons (Fsp3) is 0.571. The molecule has 0 heterocycles. The Hall–Kier alpha value is -0.0600. The van der Waals surface area contributed by atoms with Crippen LogP contribution in [0.5, 0.6) is 5.75 Å². The molecule has 0 aliphatic rings. The van der Waals surface area contributed by atoms with Crippen LogP contribution in [0.25, 0.3) is 0 Å². The molecule has 18 heavy (non-hydrogen) atoms. The molecule has 0 fully saturated rings. The summed E-state index contributed by atoms with van der Waals surface area (Å²) in [6.45, 7) is 9.21. The van der Waals surface area contributed by atoms with E-state index in [1.165, 1.54) is 0 Å². The van der Waals surface area contributed by atoms with Gasteiger partial charge < -0.3 is 9.84 Å². The molecule has 0 aromatic heterocycles. The number of hydrogen-bond acceptors (Lipinski definition) is 2. The summed E-state index contributed by atoms with van der Waals surface area (Å²) in [5.41, 5.74) is 2.29. The van der Waals surface area contributed by atoms with Crippen molar-refractivity contribution in [2.45, 2.75) is 39.5 Å². The minimum Gasteiger partial charge on any atom is -0.492 e. The van der Waals surface area contributed by atoms with Gasteiger partial charge in [0.15, 0.2) is 0 Å². The van der Waals surface area contributed by atoms with E-state index in [1.807, 2.05) is 6.92 Å². The summed E-state index contributed by atoms with van der Waals surface area (Å²) in [6, 6.07) is 2.12. The van der Waals surface area contributed by atoms with Crippen LogP contribution in [0.2, 0.25) is 0 Å². The zero-order valence-electron chi connectivity index (χ0n) is 11.3. The molecule has 0 unspecified atom stereocenters. The zero-order chi connectivity index (χ0) is 13.9. The van der Waals surface area contributed by atoms with Crippen molar-refractivity contribution in [3.05, 3.63) is 26.1 Å². The largest absolute Gasteiger partial charge is 0.492 e. The highest BCUT2D eigenvalue weighted by molar-refractivity contribution is 9.11. The second kappa shape index (κ2) is 6.40. The van der Waals surface area contributed by atoms with Crippen molar-refractivity contribution in [1.29, 1.82) is 0 Å². The Morgan fingerprint density at radius 1 is 1.28 bits per heavy atom. The minimum atomic E-state index is 0.00723. The topological polar surface area (TPSA) is 29.5 Å². The van der Waals surface area contributed by atoms with E-state index in [0.717, 1.165) is 25.8 Å². The first-order valence-corrected chi connectivity index (χ1v) is 7.60. The number of halogens is 2. The van der Waals surface area contributed by atoms with Gasteiger partial charge in [0.05, 0.1) is 11.1 Å². The molecule has 2 nitrogen and oxygen atoms in total. The molecule has 1 rings (SSSR count). The monoisotopic (exact) mass is 378 g/mol. The van der Waals surface area contributed by atoms with Gasteiger partial charge in [-0.15, -0.1) is 0 Å². The van der Waals surface area contributed by atoms with Gasteiger partial charge in [0.1, 0.15) is 5.75 Å². The van der Waals surface area contributed by atoms with Crippen molar-refractivity contribution in [2.24, 2.45) is 0 Å². The Morgan fingerprint density at radius 3 is 2.39 bits per heavy atom. The maximum atomic E-state index is 8.84. The number of hydrogen-bond donors (Lipinski definition) is 1. The first-order chi connectivity index (χ1) is 8.29. The second-order valence-corrected chi connectivity index (χ2v) is 7.00. The summed E-state index contributed by atoms with van der Waals surface area (Å²) >= 11 is 7.19. The van der Waals surface area contributed by atoms with Gasteiger partial charge in [-0.05, 0) is 39.9 Å². The number of benzene rings is 1. The Labute approximate surface area is 126 Å².